The topological polar surface area (TPSA) is 76.5 Å². The van der Waals surface area contributed by atoms with E-state index in [1.165, 1.54) is 0 Å². The van der Waals surface area contributed by atoms with Crippen molar-refractivity contribution in [3.05, 3.63) is 30.0 Å². The summed E-state index contributed by atoms with van der Waals surface area (Å²) in [6.45, 7) is 7.12. The predicted molar refractivity (Wildman–Crippen MR) is 103 cm³/mol. The van der Waals surface area contributed by atoms with Gasteiger partial charge >= 0.3 is 0 Å². The Bertz CT molecular complexity index is 781. The summed E-state index contributed by atoms with van der Waals surface area (Å²) in [4.78, 5) is 22.5. The highest BCUT2D eigenvalue weighted by Crippen LogP contribution is 2.30. The number of anilines is 2. The van der Waals surface area contributed by atoms with Crippen molar-refractivity contribution in [2.45, 2.75) is 25.7 Å². The van der Waals surface area contributed by atoms with Crippen molar-refractivity contribution in [2.75, 3.05) is 56.3 Å². The van der Waals surface area contributed by atoms with Crippen molar-refractivity contribution in [1.29, 1.82) is 0 Å². The fourth-order valence-corrected chi connectivity index (χ4v) is 3.78. The van der Waals surface area contributed by atoms with Crippen LogP contribution in [-0.2, 0) is 4.74 Å². The van der Waals surface area contributed by atoms with Crippen LogP contribution >= 0.6 is 0 Å². The number of hydrogen-bond acceptors (Lipinski definition) is 8. The van der Waals surface area contributed by atoms with Crippen molar-refractivity contribution >= 4 is 11.6 Å². The number of morpholine rings is 1. The number of hydrogen-bond donors (Lipinski definition) is 0. The van der Waals surface area contributed by atoms with E-state index in [4.69, 9.17) is 14.5 Å². The lowest BCUT2D eigenvalue weighted by Gasteiger charge is -2.34. The van der Waals surface area contributed by atoms with E-state index in [2.05, 4.69) is 30.8 Å². The first-order valence-corrected chi connectivity index (χ1v) is 9.52. The predicted octanol–water partition coefficient (Wildman–Crippen LogP) is 1.80. The number of aryl methyl sites for hydroxylation is 1. The highest BCUT2D eigenvalue weighted by molar-refractivity contribution is 5.44. The number of piperidine rings is 1. The highest BCUT2D eigenvalue weighted by atomic mass is 16.5. The molecule has 0 amide bonds. The van der Waals surface area contributed by atoms with Gasteiger partial charge in [0, 0.05) is 44.2 Å². The number of rotatable bonds is 4. The van der Waals surface area contributed by atoms with Crippen molar-refractivity contribution in [3.63, 3.8) is 0 Å². The standard InChI is InChI=1S/C19H26N6O2/c1-14-22-16(10-18(23-14)24-6-8-27-9-7-24)15-4-3-5-25(12-15)17-11-19(26-2)21-13-20-17/h10-11,13,15H,3-9,12H2,1-2H3. The van der Waals surface area contributed by atoms with Gasteiger partial charge in [-0.15, -0.1) is 0 Å². The van der Waals surface area contributed by atoms with Crippen LogP contribution in [0.4, 0.5) is 11.6 Å². The second kappa shape index (κ2) is 8.04. The summed E-state index contributed by atoms with van der Waals surface area (Å²) in [5, 5.41) is 0. The Morgan fingerprint density at radius 1 is 1.04 bits per heavy atom. The second-order valence-corrected chi connectivity index (χ2v) is 7.00. The van der Waals surface area contributed by atoms with Gasteiger partial charge < -0.3 is 19.3 Å². The van der Waals surface area contributed by atoms with Crippen LogP contribution in [0.15, 0.2) is 18.5 Å². The second-order valence-electron chi connectivity index (χ2n) is 7.00. The van der Waals surface area contributed by atoms with Gasteiger partial charge in [0.05, 0.1) is 26.0 Å². The summed E-state index contributed by atoms with van der Waals surface area (Å²) in [6, 6.07) is 4.06. The molecule has 0 radical (unpaired) electrons. The minimum absolute atomic E-state index is 0.362. The SMILES string of the molecule is COc1cc(N2CCCC(c3cc(N4CCOCC4)nc(C)n3)C2)ncn1. The molecule has 144 valence electrons. The Morgan fingerprint density at radius 3 is 2.70 bits per heavy atom. The normalized spacial score (nSPS) is 20.6. The van der Waals surface area contributed by atoms with E-state index in [9.17, 15) is 0 Å². The zero-order valence-corrected chi connectivity index (χ0v) is 16.0. The smallest absolute Gasteiger partial charge is 0.218 e. The molecule has 2 aromatic heterocycles. The van der Waals surface area contributed by atoms with Crippen LogP contribution in [0.2, 0.25) is 0 Å². The molecule has 1 unspecified atom stereocenters. The molecule has 2 fully saturated rings. The molecule has 0 spiro atoms. The van der Waals surface area contributed by atoms with Gasteiger partial charge in [-0.3, -0.25) is 0 Å². The van der Waals surface area contributed by atoms with E-state index in [1.807, 2.05) is 13.0 Å². The Morgan fingerprint density at radius 2 is 1.89 bits per heavy atom. The summed E-state index contributed by atoms with van der Waals surface area (Å²) in [5.74, 6) is 3.71. The third-order valence-electron chi connectivity index (χ3n) is 5.18. The molecule has 4 heterocycles. The van der Waals surface area contributed by atoms with Crippen molar-refractivity contribution in [2.24, 2.45) is 0 Å². The maximum Gasteiger partial charge on any atom is 0.218 e. The van der Waals surface area contributed by atoms with Crippen LogP contribution in [0.5, 0.6) is 5.88 Å². The van der Waals surface area contributed by atoms with E-state index in [0.717, 1.165) is 75.4 Å². The van der Waals surface area contributed by atoms with Gasteiger partial charge in [0.1, 0.15) is 23.8 Å². The summed E-state index contributed by atoms with van der Waals surface area (Å²) in [6.07, 6.45) is 3.79. The fourth-order valence-electron chi connectivity index (χ4n) is 3.78. The molecule has 4 rings (SSSR count). The first-order valence-electron chi connectivity index (χ1n) is 9.52. The van der Waals surface area contributed by atoms with Gasteiger partial charge in [0.2, 0.25) is 5.88 Å². The number of aromatic nitrogens is 4. The molecule has 0 aliphatic carbocycles. The average Bonchev–Trinajstić information content (AvgIpc) is 2.74. The Labute approximate surface area is 159 Å². The summed E-state index contributed by atoms with van der Waals surface area (Å²) in [7, 11) is 1.63. The molecule has 2 aromatic rings. The van der Waals surface area contributed by atoms with Crippen LogP contribution in [0.25, 0.3) is 0 Å². The number of ether oxygens (including phenoxy) is 2. The van der Waals surface area contributed by atoms with Gasteiger partial charge in [-0.25, -0.2) is 19.9 Å². The molecule has 27 heavy (non-hydrogen) atoms. The largest absolute Gasteiger partial charge is 0.481 e. The molecule has 2 aliphatic rings. The zero-order valence-electron chi connectivity index (χ0n) is 16.0. The first-order chi connectivity index (χ1) is 13.2. The maximum atomic E-state index is 5.47. The lowest BCUT2D eigenvalue weighted by molar-refractivity contribution is 0.122. The Balaban J connectivity index is 1.54. The van der Waals surface area contributed by atoms with E-state index in [0.29, 0.717) is 11.8 Å². The van der Waals surface area contributed by atoms with E-state index < -0.39 is 0 Å². The summed E-state index contributed by atoms with van der Waals surface area (Å²) < 4.78 is 10.7. The molecule has 0 saturated carbocycles. The van der Waals surface area contributed by atoms with Crippen LogP contribution in [0, 0.1) is 6.92 Å². The molecule has 0 bridgehead atoms. The van der Waals surface area contributed by atoms with Crippen LogP contribution < -0.4 is 14.5 Å². The number of nitrogens with zero attached hydrogens (tertiary/aromatic N) is 6. The molecule has 8 nitrogen and oxygen atoms in total. The molecular formula is C19H26N6O2. The van der Waals surface area contributed by atoms with Crippen LogP contribution in [-0.4, -0.2) is 66.4 Å². The monoisotopic (exact) mass is 370 g/mol. The molecule has 8 heteroatoms. The zero-order chi connectivity index (χ0) is 18.6. The Hall–Kier alpha value is -2.48. The average molecular weight is 370 g/mol. The van der Waals surface area contributed by atoms with Gasteiger partial charge in [-0.05, 0) is 19.8 Å². The third kappa shape index (κ3) is 4.10. The van der Waals surface area contributed by atoms with E-state index in [1.54, 1.807) is 13.4 Å². The minimum Gasteiger partial charge on any atom is -0.481 e. The lowest BCUT2D eigenvalue weighted by Crippen LogP contribution is -2.37. The van der Waals surface area contributed by atoms with Gasteiger partial charge in [-0.1, -0.05) is 0 Å². The highest BCUT2D eigenvalue weighted by Gasteiger charge is 2.25. The summed E-state index contributed by atoms with van der Waals surface area (Å²) in [5.41, 5.74) is 1.12. The lowest BCUT2D eigenvalue weighted by atomic mass is 9.94. The maximum absolute atomic E-state index is 5.47. The fraction of sp³-hybridized carbons (Fsp3) is 0.579. The van der Waals surface area contributed by atoms with E-state index in [-0.39, 0.29) is 0 Å². The van der Waals surface area contributed by atoms with Crippen molar-refractivity contribution in [1.82, 2.24) is 19.9 Å². The van der Waals surface area contributed by atoms with Crippen LogP contribution in [0.3, 0.4) is 0 Å². The summed E-state index contributed by atoms with van der Waals surface area (Å²) >= 11 is 0. The van der Waals surface area contributed by atoms with E-state index >= 15 is 0 Å². The van der Waals surface area contributed by atoms with Gasteiger partial charge in [0.15, 0.2) is 0 Å². The molecule has 2 aliphatic heterocycles. The van der Waals surface area contributed by atoms with Gasteiger partial charge in [-0.2, -0.15) is 0 Å². The number of methoxy groups -OCH3 is 1. The molecule has 0 aromatic carbocycles. The third-order valence-corrected chi connectivity index (χ3v) is 5.18. The first kappa shape index (κ1) is 17.9. The quantitative estimate of drug-likeness (QED) is 0.806. The molecule has 0 N–H and O–H groups in total. The van der Waals surface area contributed by atoms with Crippen molar-refractivity contribution < 1.29 is 9.47 Å². The van der Waals surface area contributed by atoms with Crippen molar-refractivity contribution in [3.8, 4) is 5.88 Å². The molecule has 1 atom stereocenters. The molecular weight excluding hydrogens is 344 g/mol. The van der Waals surface area contributed by atoms with Gasteiger partial charge in [0.25, 0.3) is 0 Å². The Kier molecular flexibility index (Phi) is 5.33. The van der Waals surface area contributed by atoms with Crippen LogP contribution in [0.1, 0.15) is 30.3 Å². The minimum atomic E-state index is 0.362. The molecule has 2 saturated heterocycles.